The highest BCUT2D eigenvalue weighted by molar-refractivity contribution is 6.30. The van der Waals surface area contributed by atoms with Gasteiger partial charge in [0.15, 0.2) is 0 Å². The monoisotopic (exact) mass is 327 g/mol. The van der Waals surface area contributed by atoms with Gasteiger partial charge < -0.3 is 0 Å². The zero-order chi connectivity index (χ0) is 16.4. The number of anilines is 2. The first-order valence-electron chi connectivity index (χ1n) is 6.87. The third kappa shape index (κ3) is 3.08. The molecule has 0 saturated heterocycles. The number of aromatic nitrogens is 3. The molecule has 0 bridgehead atoms. The van der Waals surface area contributed by atoms with Gasteiger partial charge >= 0.3 is 5.69 Å². The second-order valence-electron chi connectivity index (χ2n) is 4.90. The van der Waals surface area contributed by atoms with E-state index in [1.807, 2.05) is 30.3 Å². The number of para-hydroxylation sites is 1. The Kier molecular flexibility index (Phi) is 4.10. The lowest BCUT2D eigenvalue weighted by Gasteiger charge is -2.17. The van der Waals surface area contributed by atoms with E-state index in [9.17, 15) is 4.79 Å². The van der Waals surface area contributed by atoms with Crippen molar-refractivity contribution in [3.8, 4) is 11.4 Å². The van der Waals surface area contributed by atoms with Gasteiger partial charge in [-0.05, 0) is 36.4 Å². The molecule has 3 aromatic rings. The summed E-state index contributed by atoms with van der Waals surface area (Å²) in [5.41, 5.74) is 0.994. The first-order valence-corrected chi connectivity index (χ1v) is 7.25. The highest BCUT2D eigenvalue weighted by Crippen LogP contribution is 2.21. The Labute approximate surface area is 137 Å². The SMILES string of the molecule is Cn1c(-c2ccc(Cl)cc2)nc(N(N)c2ccccc2)nc1=O. The molecule has 6 nitrogen and oxygen atoms in total. The van der Waals surface area contributed by atoms with Gasteiger partial charge in [-0.2, -0.15) is 9.97 Å². The Morgan fingerprint density at radius 3 is 2.35 bits per heavy atom. The minimum Gasteiger partial charge on any atom is -0.279 e. The number of hydrogen-bond donors (Lipinski definition) is 1. The van der Waals surface area contributed by atoms with Crippen molar-refractivity contribution in [3.63, 3.8) is 0 Å². The number of hydrazine groups is 1. The second kappa shape index (κ2) is 6.20. The molecule has 0 saturated carbocycles. The maximum atomic E-state index is 12.1. The standard InChI is InChI=1S/C16H14ClN5O/c1-21-14(11-7-9-12(17)10-8-11)19-15(20-16(21)23)22(18)13-5-3-2-4-6-13/h2-10H,18H2,1H3. The third-order valence-corrected chi connectivity index (χ3v) is 3.61. The minimum atomic E-state index is -0.439. The van der Waals surface area contributed by atoms with E-state index < -0.39 is 5.69 Å². The Morgan fingerprint density at radius 1 is 1.04 bits per heavy atom. The van der Waals surface area contributed by atoms with Gasteiger partial charge in [-0.3, -0.25) is 4.57 Å². The molecule has 0 atom stereocenters. The summed E-state index contributed by atoms with van der Waals surface area (Å²) in [7, 11) is 1.61. The molecule has 7 heteroatoms. The number of rotatable bonds is 3. The van der Waals surface area contributed by atoms with Crippen LogP contribution in [0.25, 0.3) is 11.4 Å². The minimum absolute atomic E-state index is 0.129. The van der Waals surface area contributed by atoms with Crippen molar-refractivity contribution < 1.29 is 0 Å². The average Bonchev–Trinajstić information content (AvgIpc) is 2.58. The van der Waals surface area contributed by atoms with Crippen LogP contribution in [0.2, 0.25) is 5.02 Å². The second-order valence-corrected chi connectivity index (χ2v) is 5.34. The van der Waals surface area contributed by atoms with Crippen LogP contribution >= 0.6 is 11.6 Å². The fourth-order valence-electron chi connectivity index (χ4n) is 2.11. The highest BCUT2D eigenvalue weighted by atomic mass is 35.5. The Balaban J connectivity index is 2.10. The molecular weight excluding hydrogens is 314 g/mol. The van der Waals surface area contributed by atoms with Crippen LogP contribution in [-0.2, 0) is 7.05 Å². The van der Waals surface area contributed by atoms with Crippen molar-refractivity contribution in [2.45, 2.75) is 0 Å². The highest BCUT2D eigenvalue weighted by Gasteiger charge is 2.14. The predicted octanol–water partition coefficient (Wildman–Crippen LogP) is 2.51. The zero-order valence-electron chi connectivity index (χ0n) is 12.3. The van der Waals surface area contributed by atoms with Crippen molar-refractivity contribution >= 4 is 23.2 Å². The number of halogens is 1. The first kappa shape index (κ1) is 15.2. The third-order valence-electron chi connectivity index (χ3n) is 3.36. The molecule has 0 aliphatic rings. The van der Waals surface area contributed by atoms with E-state index in [1.165, 1.54) is 9.58 Å². The predicted molar refractivity (Wildman–Crippen MR) is 90.5 cm³/mol. The van der Waals surface area contributed by atoms with E-state index in [-0.39, 0.29) is 5.95 Å². The van der Waals surface area contributed by atoms with Gasteiger partial charge in [-0.15, -0.1) is 0 Å². The van der Waals surface area contributed by atoms with E-state index in [0.29, 0.717) is 16.5 Å². The maximum Gasteiger partial charge on any atom is 0.352 e. The molecule has 1 heterocycles. The summed E-state index contributed by atoms with van der Waals surface area (Å²) in [5, 5.41) is 1.89. The number of nitrogens with two attached hydrogens (primary N) is 1. The van der Waals surface area contributed by atoms with E-state index in [1.54, 1.807) is 31.3 Å². The van der Waals surface area contributed by atoms with Crippen LogP contribution in [0.3, 0.4) is 0 Å². The molecule has 3 rings (SSSR count). The van der Waals surface area contributed by atoms with E-state index in [2.05, 4.69) is 9.97 Å². The zero-order valence-corrected chi connectivity index (χ0v) is 13.1. The molecular formula is C16H14ClN5O. The first-order chi connectivity index (χ1) is 11.1. The maximum absolute atomic E-state index is 12.1. The summed E-state index contributed by atoms with van der Waals surface area (Å²) in [6, 6.07) is 16.2. The molecule has 2 N–H and O–H groups in total. The van der Waals surface area contributed by atoms with E-state index >= 15 is 0 Å². The Morgan fingerprint density at radius 2 is 1.70 bits per heavy atom. The van der Waals surface area contributed by atoms with Gasteiger partial charge in [0.25, 0.3) is 5.95 Å². The van der Waals surface area contributed by atoms with Crippen LogP contribution in [0.4, 0.5) is 11.6 Å². The lowest BCUT2D eigenvalue weighted by molar-refractivity contribution is 0.772. The van der Waals surface area contributed by atoms with Crippen molar-refractivity contribution in [1.29, 1.82) is 0 Å². The summed E-state index contributed by atoms with van der Waals surface area (Å²) in [6.45, 7) is 0. The van der Waals surface area contributed by atoms with E-state index in [0.717, 1.165) is 5.56 Å². The van der Waals surface area contributed by atoms with Crippen LogP contribution in [0.5, 0.6) is 0 Å². The summed E-state index contributed by atoms with van der Waals surface area (Å²) >= 11 is 5.90. The molecule has 2 aromatic carbocycles. The molecule has 0 amide bonds. The molecule has 0 spiro atoms. The Hall–Kier alpha value is -2.70. The van der Waals surface area contributed by atoms with Crippen molar-refractivity contribution in [1.82, 2.24) is 14.5 Å². The quantitative estimate of drug-likeness (QED) is 0.591. The molecule has 0 aliphatic carbocycles. The average molecular weight is 328 g/mol. The number of hydrogen-bond acceptors (Lipinski definition) is 5. The number of benzene rings is 2. The van der Waals surface area contributed by atoms with Gasteiger partial charge in [0.1, 0.15) is 5.82 Å². The van der Waals surface area contributed by atoms with Gasteiger partial charge in [0.2, 0.25) is 0 Å². The largest absolute Gasteiger partial charge is 0.352 e. The van der Waals surface area contributed by atoms with Crippen molar-refractivity contribution in [2.24, 2.45) is 12.9 Å². The lowest BCUT2D eigenvalue weighted by atomic mass is 10.2. The Bertz CT molecular complexity index is 877. The summed E-state index contributed by atoms with van der Waals surface area (Å²) in [4.78, 5) is 20.5. The van der Waals surface area contributed by atoms with Crippen molar-refractivity contribution in [3.05, 3.63) is 70.1 Å². The van der Waals surface area contributed by atoms with Gasteiger partial charge in [-0.1, -0.05) is 29.8 Å². The molecule has 23 heavy (non-hydrogen) atoms. The number of nitrogens with zero attached hydrogens (tertiary/aromatic N) is 4. The topological polar surface area (TPSA) is 77.0 Å². The van der Waals surface area contributed by atoms with Gasteiger partial charge in [0, 0.05) is 17.6 Å². The normalized spacial score (nSPS) is 10.6. The van der Waals surface area contributed by atoms with Crippen LogP contribution in [0, 0.1) is 0 Å². The smallest absolute Gasteiger partial charge is 0.279 e. The van der Waals surface area contributed by atoms with Crippen LogP contribution in [0.15, 0.2) is 59.4 Å². The summed E-state index contributed by atoms with van der Waals surface area (Å²) in [5.74, 6) is 6.64. The van der Waals surface area contributed by atoms with Gasteiger partial charge in [-0.25, -0.2) is 15.6 Å². The van der Waals surface area contributed by atoms with Gasteiger partial charge in [0.05, 0.1) is 5.69 Å². The molecule has 1 aromatic heterocycles. The van der Waals surface area contributed by atoms with Crippen LogP contribution in [0.1, 0.15) is 0 Å². The van der Waals surface area contributed by atoms with E-state index in [4.69, 9.17) is 17.4 Å². The van der Waals surface area contributed by atoms with Crippen molar-refractivity contribution in [2.75, 3.05) is 5.01 Å². The summed E-state index contributed by atoms with van der Waals surface area (Å²) < 4.78 is 1.37. The molecule has 116 valence electrons. The lowest BCUT2D eigenvalue weighted by Crippen LogP contribution is -2.32. The molecule has 0 unspecified atom stereocenters. The molecule has 0 radical (unpaired) electrons. The van der Waals surface area contributed by atoms with Crippen LogP contribution < -0.4 is 16.5 Å². The fraction of sp³-hybridized carbons (Fsp3) is 0.0625. The molecule has 0 aliphatic heterocycles. The molecule has 0 fully saturated rings. The summed E-state index contributed by atoms with van der Waals surface area (Å²) in [6.07, 6.45) is 0. The van der Waals surface area contributed by atoms with Crippen LogP contribution in [-0.4, -0.2) is 14.5 Å². The fourth-order valence-corrected chi connectivity index (χ4v) is 2.24.